The molecule has 0 unspecified atom stereocenters. The number of aliphatic imine (C=N–C) groups is 1. The lowest BCUT2D eigenvalue weighted by Crippen LogP contribution is -2.39. The fraction of sp³-hybridized carbons (Fsp3) is 0.600. The van der Waals surface area contributed by atoms with Crippen molar-refractivity contribution < 1.29 is 9.90 Å². The Morgan fingerprint density at radius 1 is 1.11 bits per heavy atom. The summed E-state index contributed by atoms with van der Waals surface area (Å²) < 4.78 is 0. The van der Waals surface area contributed by atoms with Gasteiger partial charge in [0.15, 0.2) is 5.96 Å². The van der Waals surface area contributed by atoms with Crippen molar-refractivity contribution in [2.24, 2.45) is 4.99 Å². The number of anilines is 1. The highest BCUT2D eigenvalue weighted by Gasteiger charge is 2.08. The third-order valence-corrected chi connectivity index (χ3v) is 4.52. The maximum absolute atomic E-state index is 12.0. The summed E-state index contributed by atoms with van der Waals surface area (Å²) in [4.78, 5) is 18.9. The molecule has 2 rings (SSSR count). The number of benzene rings is 1. The number of rotatable bonds is 8. The molecule has 0 saturated carbocycles. The third kappa shape index (κ3) is 10.1. The van der Waals surface area contributed by atoms with Crippen molar-refractivity contribution in [1.29, 1.82) is 0 Å². The van der Waals surface area contributed by atoms with Crippen LogP contribution in [0.5, 0.6) is 5.75 Å². The van der Waals surface area contributed by atoms with E-state index in [9.17, 15) is 9.90 Å². The molecule has 1 amide bonds. The molecule has 158 valence electrons. The van der Waals surface area contributed by atoms with Gasteiger partial charge in [-0.15, -0.1) is 24.0 Å². The van der Waals surface area contributed by atoms with E-state index in [2.05, 4.69) is 25.8 Å². The van der Waals surface area contributed by atoms with Gasteiger partial charge < -0.3 is 26.0 Å². The van der Waals surface area contributed by atoms with E-state index < -0.39 is 0 Å². The fourth-order valence-electron chi connectivity index (χ4n) is 3.11. The molecule has 7 nitrogen and oxygen atoms in total. The first kappa shape index (κ1) is 24.5. The Balaban J connectivity index is 0.00000392. The molecule has 0 spiro atoms. The van der Waals surface area contributed by atoms with Crippen molar-refractivity contribution in [3.05, 3.63) is 24.3 Å². The first-order chi connectivity index (χ1) is 13.2. The summed E-state index contributed by atoms with van der Waals surface area (Å²) in [5, 5.41) is 18.5. The van der Waals surface area contributed by atoms with Crippen LogP contribution in [0.3, 0.4) is 0 Å². The van der Waals surface area contributed by atoms with Gasteiger partial charge in [-0.25, -0.2) is 4.99 Å². The number of nitrogens with one attached hydrogen (secondary N) is 3. The monoisotopic (exact) mass is 503 g/mol. The van der Waals surface area contributed by atoms with E-state index in [1.807, 2.05) is 6.92 Å². The molecule has 1 aromatic carbocycles. The molecule has 1 aliphatic heterocycles. The molecule has 1 saturated heterocycles. The number of carbonyl (C=O) groups is 1. The number of guanidine groups is 1. The molecule has 8 heteroatoms. The fourth-order valence-corrected chi connectivity index (χ4v) is 3.11. The lowest BCUT2D eigenvalue weighted by atomic mass is 10.2. The molecule has 0 aliphatic carbocycles. The van der Waals surface area contributed by atoms with Crippen molar-refractivity contribution in [1.82, 2.24) is 15.5 Å². The Kier molecular flexibility index (Phi) is 12.6. The zero-order valence-corrected chi connectivity index (χ0v) is 19.1. The second kappa shape index (κ2) is 14.4. The number of aromatic hydroxyl groups is 1. The predicted molar refractivity (Wildman–Crippen MR) is 126 cm³/mol. The number of phenols is 1. The van der Waals surface area contributed by atoms with Crippen LogP contribution in [0.2, 0.25) is 0 Å². The number of hydrogen-bond acceptors (Lipinski definition) is 4. The zero-order chi connectivity index (χ0) is 19.3. The second-order valence-corrected chi connectivity index (χ2v) is 6.83. The number of likely N-dealkylation sites (tertiary alicyclic amines) is 1. The molecular weight excluding hydrogens is 469 g/mol. The predicted octanol–water partition coefficient (Wildman–Crippen LogP) is 2.77. The normalized spacial score (nSPS) is 15.2. The number of hydrogen-bond donors (Lipinski definition) is 4. The van der Waals surface area contributed by atoms with Crippen LogP contribution in [0.4, 0.5) is 5.69 Å². The average molecular weight is 503 g/mol. The molecule has 1 fully saturated rings. The highest BCUT2D eigenvalue weighted by atomic mass is 127. The van der Waals surface area contributed by atoms with E-state index in [0.29, 0.717) is 11.6 Å². The van der Waals surface area contributed by atoms with Gasteiger partial charge in [-0.05, 0) is 70.1 Å². The second-order valence-electron chi connectivity index (χ2n) is 6.83. The smallest absolute Gasteiger partial charge is 0.246 e. The lowest BCUT2D eigenvalue weighted by Gasteiger charge is -2.20. The maximum atomic E-state index is 12.0. The van der Waals surface area contributed by atoms with Crippen LogP contribution in [0.1, 0.15) is 39.0 Å². The van der Waals surface area contributed by atoms with Crippen LogP contribution in [-0.2, 0) is 4.79 Å². The number of phenolic OH excluding ortho intramolecular Hbond substituents is 1. The summed E-state index contributed by atoms with van der Waals surface area (Å²) in [5.41, 5.74) is 0.642. The van der Waals surface area contributed by atoms with E-state index in [4.69, 9.17) is 0 Å². The van der Waals surface area contributed by atoms with Crippen LogP contribution in [0.15, 0.2) is 29.3 Å². The molecule has 1 aromatic rings. The number of amides is 1. The molecule has 4 N–H and O–H groups in total. The zero-order valence-electron chi connectivity index (χ0n) is 16.7. The topological polar surface area (TPSA) is 89.0 Å². The molecule has 28 heavy (non-hydrogen) atoms. The van der Waals surface area contributed by atoms with E-state index in [1.54, 1.807) is 12.1 Å². The van der Waals surface area contributed by atoms with Gasteiger partial charge in [0, 0.05) is 18.8 Å². The van der Waals surface area contributed by atoms with Crippen LogP contribution in [-0.4, -0.2) is 61.1 Å². The first-order valence-corrected chi connectivity index (χ1v) is 10.0. The highest BCUT2D eigenvalue weighted by molar-refractivity contribution is 14.0. The van der Waals surface area contributed by atoms with Crippen molar-refractivity contribution in [3.63, 3.8) is 0 Å². The van der Waals surface area contributed by atoms with E-state index >= 15 is 0 Å². The standard InChI is InChI=1S/C20H33N5O2.HI/c1-2-21-20(22-12-7-15-25-13-5-3-4-6-14-25)23-16-19(27)24-17-8-10-18(26)11-9-17;/h8-11,26H,2-7,12-16H2,1H3,(H,24,27)(H2,21,22,23);1H. The molecule has 1 heterocycles. The first-order valence-electron chi connectivity index (χ1n) is 10.0. The van der Waals surface area contributed by atoms with Gasteiger partial charge >= 0.3 is 0 Å². The van der Waals surface area contributed by atoms with E-state index in [0.717, 1.165) is 26.1 Å². The Labute approximate surface area is 185 Å². The number of carbonyl (C=O) groups excluding carboxylic acids is 1. The van der Waals surface area contributed by atoms with Gasteiger partial charge in [-0.1, -0.05) is 12.8 Å². The molecule has 0 atom stereocenters. The molecular formula is C20H34IN5O2. The Hall–Kier alpha value is -1.55. The summed E-state index contributed by atoms with van der Waals surface area (Å²) in [6.45, 7) is 7.16. The maximum Gasteiger partial charge on any atom is 0.246 e. The van der Waals surface area contributed by atoms with Gasteiger partial charge in [-0.3, -0.25) is 4.79 Å². The summed E-state index contributed by atoms with van der Waals surface area (Å²) in [5.74, 6) is 0.640. The molecule has 0 radical (unpaired) electrons. The number of nitrogens with zero attached hydrogens (tertiary/aromatic N) is 2. The van der Waals surface area contributed by atoms with Crippen LogP contribution in [0.25, 0.3) is 0 Å². The average Bonchev–Trinajstić information content (AvgIpc) is 2.94. The number of halogens is 1. The van der Waals surface area contributed by atoms with E-state index in [1.165, 1.54) is 50.9 Å². The van der Waals surface area contributed by atoms with Gasteiger partial charge in [-0.2, -0.15) is 0 Å². The lowest BCUT2D eigenvalue weighted by molar-refractivity contribution is -0.114. The summed E-state index contributed by atoms with van der Waals surface area (Å²) >= 11 is 0. The van der Waals surface area contributed by atoms with E-state index in [-0.39, 0.29) is 42.2 Å². The Morgan fingerprint density at radius 2 is 1.79 bits per heavy atom. The minimum absolute atomic E-state index is 0. The van der Waals surface area contributed by atoms with Gasteiger partial charge in [0.25, 0.3) is 0 Å². The SMILES string of the molecule is CCNC(=NCC(=O)Nc1ccc(O)cc1)NCCCN1CCCCCC1.I. The summed E-state index contributed by atoms with van der Waals surface area (Å²) in [6, 6.07) is 6.39. The van der Waals surface area contributed by atoms with Crippen molar-refractivity contribution in [2.75, 3.05) is 44.6 Å². The van der Waals surface area contributed by atoms with Crippen LogP contribution < -0.4 is 16.0 Å². The van der Waals surface area contributed by atoms with Crippen molar-refractivity contribution in [3.8, 4) is 5.75 Å². The van der Waals surface area contributed by atoms with Gasteiger partial charge in [0.1, 0.15) is 12.3 Å². The van der Waals surface area contributed by atoms with Gasteiger partial charge in [0.05, 0.1) is 0 Å². The molecule has 0 bridgehead atoms. The Morgan fingerprint density at radius 3 is 2.43 bits per heavy atom. The molecule has 0 aromatic heterocycles. The molecule has 1 aliphatic rings. The summed E-state index contributed by atoms with van der Waals surface area (Å²) in [6.07, 6.45) is 6.40. The third-order valence-electron chi connectivity index (χ3n) is 4.52. The van der Waals surface area contributed by atoms with Crippen LogP contribution >= 0.6 is 24.0 Å². The Bertz CT molecular complexity index is 587. The largest absolute Gasteiger partial charge is 0.508 e. The quantitative estimate of drug-likeness (QED) is 0.144. The minimum atomic E-state index is -0.192. The summed E-state index contributed by atoms with van der Waals surface area (Å²) in [7, 11) is 0. The van der Waals surface area contributed by atoms with Gasteiger partial charge in [0.2, 0.25) is 5.91 Å². The van der Waals surface area contributed by atoms with Crippen LogP contribution in [0, 0.1) is 0 Å². The van der Waals surface area contributed by atoms with Crippen molar-refractivity contribution in [2.45, 2.75) is 39.0 Å². The van der Waals surface area contributed by atoms with Crippen molar-refractivity contribution >= 4 is 41.5 Å². The minimum Gasteiger partial charge on any atom is -0.508 e. The highest BCUT2D eigenvalue weighted by Crippen LogP contribution is 2.13.